The van der Waals surface area contributed by atoms with Gasteiger partial charge in [-0.1, -0.05) is 24.3 Å². The molecule has 1 N–H and O–H groups in total. The molecule has 1 aliphatic rings. The normalized spacial score (nSPS) is 15.1. The van der Waals surface area contributed by atoms with E-state index < -0.39 is 14.9 Å². The summed E-state index contributed by atoms with van der Waals surface area (Å²) in [5.74, 6) is 0. The van der Waals surface area contributed by atoms with Crippen molar-refractivity contribution in [1.29, 1.82) is 0 Å². The van der Waals surface area contributed by atoms with E-state index in [-0.39, 0.29) is 10.6 Å². The highest BCUT2D eigenvalue weighted by atomic mass is 32.2. The van der Waals surface area contributed by atoms with Crippen LogP contribution >= 0.6 is 11.3 Å². The number of hydrazone groups is 1. The van der Waals surface area contributed by atoms with Gasteiger partial charge in [0, 0.05) is 41.7 Å². The van der Waals surface area contributed by atoms with Crippen LogP contribution in [0.15, 0.2) is 63.9 Å². The lowest BCUT2D eigenvalue weighted by Crippen LogP contribution is -2.40. The van der Waals surface area contributed by atoms with E-state index in [1.807, 2.05) is 5.38 Å². The quantitative estimate of drug-likeness (QED) is 0.317. The Morgan fingerprint density at radius 2 is 1.94 bits per heavy atom. The lowest BCUT2D eigenvalue weighted by molar-refractivity contribution is -0.384. The van der Waals surface area contributed by atoms with Crippen LogP contribution in [0.5, 0.6) is 0 Å². The molecular weight excluding hydrogens is 454 g/mol. The molecule has 2 heterocycles. The van der Waals surface area contributed by atoms with Gasteiger partial charge in [0.1, 0.15) is 0 Å². The van der Waals surface area contributed by atoms with Gasteiger partial charge in [0.15, 0.2) is 0 Å². The Bertz CT molecular complexity index is 1240. The van der Waals surface area contributed by atoms with Gasteiger partial charge < -0.3 is 4.74 Å². The first-order chi connectivity index (χ1) is 15.4. The molecule has 3 aromatic rings. The molecule has 4 rings (SSSR count). The molecule has 0 atom stereocenters. The van der Waals surface area contributed by atoms with E-state index >= 15 is 0 Å². The number of thiazole rings is 1. The minimum Gasteiger partial charge on any atom is -0.379 e. The van der Waals surface area contributed by atoms with Crippen LogP contribution in [0.3, 0.4) is 0 Å². The van der Waals surface area contributed by atoms with Crippen LogP contribution in [0.25, 0.3) is 11.3 Å². The lowest BCUT2D eigenvalue weighted by atomic mass is 10.2. The Hall–Kier alpha value is -3.19. The second kappa shape index (κ2) is 9.53. The topological polar surface area (TPSA) is 127 Å². The van der Waals surface area contributed by atoms with E-state index in [0.717, 1.165) is 5.56 Å². The van der Waals surface area contributed by atoms with Crippen molar-refractivity contribution in [3.8, 4) is 11.3 Å². The number of nitro benzene ring substituents is 1. The smallest absolute Gasteiger partial charge is 0.270 e. The predicted molar refractivity (Wildman–Crippen MR) is 121 cm³/mol. The molecule has 2 aromatic carbocycles. The van der Waals surface area contributed by atoms with Crippen molar-refractivity contribution in [1.82, 2.24) is 9.29 Å². The number of ether oxygens (including phenoxy) is 1. The van der Waals surface area contributed by atoms with Crippen molar-refractivity contribution >= 4 is 38.4 Å². The first-order valence-corrected chi connectivity index (χ1v) is 11.9. The molecule has 0 saturated carbocycles. The number of morpholine rings is 1. The van der Waals surface area contributed by atoms with E-state index in [4.69, 9.17) is 4.74 Å². The number of aromatic nitrogens is 1. The highest BCUT2D eigenvalue weighted by molar-refractivity contribution is 7.89. The monoisotopic (exact) mass is 473 g/mol. The zero-order valence-electron chi connectivity index (χ0n) is 16.7. The van der Waals surface area contributed by atoms with Crippen LogP contribution in [-0.4, -0.2) is 55.1 Å². The number of hydrogen-bond acceptors (Lipinski definition) is 9. The van der Waals surface area contributed by atoms with Crippen molar-refractivity contribution < 1.29 is 18.1 Å². The number of benzene rings is 2. The van der Waals surface area contributed by atoms with Crippen molar-refractivity contribution in [2.45, 2.75) is 4.90 Å². The van der Waals surface area contributed by atoms with Gasteiger partial charge in [-0.15, -0.1) is 11.3 Å². The first-order valence-electron chi connectivity index (χ1n) is 9.61. The second-order valence-corrected chi connectivity index (χ2v) is 9.60. The minimum absolute atomic E-state index is 0.00966. The van der Waals surface area contributed by atoms with Crippen LogP contribution in [0, 0.1) is 10.1 Å². The fourth-order valence-corrected chi connectivity index (χ4v) is 5.15. The van der Waals surface area contributed by atoms with Crippen LogP contribution in [0.1, 0.15) is 5.56 Å². The summed E-state index contributed by atoms with van der Waals surface area (Å²) in [5, 5.41) is 17.3. The Kier molecular flexibility index (Phi) is 6.55. The third-order valence-corrected chi connectivity index (χ3v) is 7.38. The van der Waals surface area contributed by atoms with Crippen LogP contribution in [0.2, 0.25) is 0 Å². The maximum absolute atomic E-state index is 12.7. The average Bonchev–Trinajstić information content (AvgIpc) is 3.29. The molecule has 0 spiro atoms. The molecule has 1 fully saturated rings. The Morgan fingerprint density at radius 3 is 2.66 bits per heavy atom. The van der Waals surface area contributed by atoms with E-state index in [1.165, 1.54) is 34.0 Å². The summed E-state index contributed by atoms with van der Waals surface area (Å²) in [6.07, 6.45) is 1.47. The zero-order valence-corrected chi connectivity index (χ0v) is 18.4. The van der Waals surface area contributed by atoms with Gasteiger partial charge in [0.2, 0.25) is 15.2 Å². The minimum atomic E-state index is -3.54. The Balaban J connectivity index is 1.42. The third-order valence-electron chi connectivity index (χ3n) is 4.72. The van der Waals surface area contributed by atoms with E-state index in [1.54, 1.807) is 36.4 Å². The SMILES string of the molecule is O=[N+]([O-])c1cccc(C=NNc2nc(-c3ccc(S(=O)(=O)N4CCOCC4)cc3)cs2)c1. The lowest BCUT2D eigenvalue weighted by Gasteiger charge is -2.26. The van der Waals surface area contributed by atoms with Crippen molar-refractivity contribution in [3.05, 3.63) is 69.6 Å². The number of sulfonamides is 1. The number of hydrogen-bond donors (Lipinski definition) is 1. The highest BCUT2D eigenvalue weighted by Crippen LogP contribution is 2.27. The van der Waals surface area contributed by atoms with Gasteiger partial charge in [0.05, 0.1) is 34.9 Å². The molecule has 12 heteroatoms. The van der Waals surface area contributed by atoms with Crippen molar-refractivity contribution in [2.75, 3.05) is 31.7 Å². The van der Waals surface area contributed by atoms with E-state index in [2.05, 4.69) is 15.5 Å². The number of non-ortho nitro benzene ring substituents is 1. The molecule has 0 aliphatic carbocycles. The predicted octanol–water partition coefficient (Wildman–Crippen LogP) is 3.19. The summed E-state index contributed by atoms with van der Waals surface area (Å²) < 4.78 is 32.1. The molecular formula is C20H19N5O5S2. The molecule has 32 heavy (non-hydrogen) atoms. The molecule has 10 nitrogen and oxygen atoms in total. The first kappa shape index (κ1) is 22.0. The molecule has 0 amide bonds. The fourth-order valence-electron chi connectivity index (χ4n) is 3.07. The standard InChI is InChI=1S/C20H19N5O5S2/c26-25(27)17-3-1-2-15(12-17)13-21-23-20-22-19(14-31-20)16-4-6-18(7-5-16)32(28,29)24-8-10-30-11-9-24/h1-7,12-14H,8-11H2,(H,22,23). The Labute approximate surface area is 188 Å². The highest BCUT2D eigenvalue weighted by Gasteiger charge is 2.26. The second-order valence-electron chi connectivity index (χ2n) is 6.80. The van der Waals surface area contributed by atoms with Gasteiger partial charge in [-0.2, -0.15) is 9.41 Å². The number of nitrogens with one attached hydrogen (secondary N) is 1. The summed E-state index contributed by atoms with van der Waals surface area (Å²) in [6.45, 7) is 1.50. The van der Waals surface area contributed by atoms with Gasteiger partial charge >= 0.3 is 0 Å². The van der Waals surface area contributed by atoms with Gasteiger partial charge in [-0.3, -0.25) is 15.5 Å². The largest absolute Gasteiger partial charge is 0.379 e. The van der Waals surface area contributed by atoms with Crippen LogP contribution in [-0.2, 0) is 14.8 Å². The number of nitro groups is 1. The number of anilines is 1. The zero-order chi connectivity index (χ0) is 22.6. The van der Waals surface area contributed by atoms with Crippen molar-refractivity contribution in [3.63, 3.8) is 0 Å². The summed E-state index contributed by atoms with van der Waals surface area (Å²) in [4.78, 5) is 15.1. The summed E-state index contributed by atoms with van der Waals surface area (Å²) >= 11 is 1.34. The third kappa shape index (κ3) is 4.99. The molecule has 0 radical (unpaired) electrons. The van der Waals surface area contributed by atoms with E-state index in [0.29, 0.717) is 42.7 Å². The van der Waals surface area contributed by atoms with Crippen molar-refractivity contribution in [2.24, 2.45) is 5.10 Å². The van der Waals surface area contributed by atoms with Crippen LogP contribution < -0.4 is 5.43 Å². The van der Waals surface area contributed by atoms with Crippen LogP contribution in [0.4, 0.5) is 10.8 Å². The number of nitrogens with zero attached hydrogens (tertiary/aromatic N) is 4. The summed E-state index contributed by atoms with van der Waals surface area (Å²) in [7, 11) is -3.54. The molecule has 1 saturated heterocycles. The maximum Gasteiger partial charge on any atom is 0.270 e. The number of rotatable bonds is 7. The fraction of sp³-hybridized carbons (Fsp3) is 0.200. The molecule has 0 bridgehead atoms. The summed E-state index contributed by atoms with van der Waals surface area (Å²) in [6, 6.07) is 12.7. The van der Waals surface area contributed by atoms with Gasteiger partial charge in [0.25, 0.3) is 5.69 Å². The molecule has 166 valence electrons. The summed E-state index contributed by atoms with van der Waals surface area (Å²) in [5.41, 5.74) is 4.83. The molecule has 1 aromatic heterocycles. The average molecular weight is 474 g/mol. The van der Waals surface area contributed by atoms with Gasteiger partial charge in [-0.25, -0.2) is 13.4 Å². The molecule has 1 aliphatic heterocycles. The molecule has 0 unspecified atom stereocenters. The van der Waals surface area contributed by atoms with E-state index in [9.17, 15) is 18.5 Å². The maximum atomic E-state index is 12.7. The van der Waals surface area contributed by atoms with Gasteiger partial charge in [-0.05, 0) is 12.1 Å². The Morgan fingerprint density at radius 1 is 1.19 bits per heavy atom.